The molecule has 0 aromatic heterocycles. The first kappa shape index (κ1) is 13.8. The molecule has 0 aromatic rings. The van der Waals surface area contributed by atoms with E-state index in [1.165, 1.54) is 46.0 Å². The van der Waals surface area contributed by atoms with Crippen LogP contribution in [0.25, 0.3) is 0 Å². The summed E-state index contributed by atoms with van der Waals surface area (Å²) in [5.41, 5.74) is 0. The summed E-state index contributed by atoms with van der Waals surface area (Å²) in [5.74, 6) is 1.42. The van der Waals surface area contributed by atoms with Crippen LogP contribution in [-0.4, -0.2) is 50.2 Å². The first-order valence-corrected chi connectivity index (χ1v) is 7.26. The lowest BCUT2D eigenvalue weighted by atomic mass is 9.86. The normalized spacial score (nSPS) is 30.6. The van der Waals surface area contributed by atoms with E-state index in [1.807, 2.05) is 0 Å². The highest BCUT2D eigenvalue weighted by Crippen LogP contribution is 2.28. The predicted octanol–water partition coefficient (Wildman–Crippen LogP) is 1.26. The van der Waals surface area contributed by atoms with Crippen LogP contribution in [0.4, 0.5) is 0 Å². The van der Waals surface area contributed by atoms with E-state index in [4.69, 9.17) is 4.74 Å². The molecular formula is C14H26N2O2. The van der Waals surface area contributed by atoms with Crippen molar-refractivity contribution in [1.82, 2.24) is 10.2 Å². The molecule has 0 spiro atoms. The lowest BCUT2D eigenvalue weighted by Gasteiger charge is -2.32. The number of piperidine rings is 1. The number of hydrogen-bond donors (Lipinski definition) is 1. The zero-order chi connectivity index (χ0) is 13.0. The number of likely N-dealkylation sites (tertiary alicyclic amines) is 1. The van der Waals surface area contributed by atoms with Crippen molar-refractivity contribution in [2.45, 2.75) is 38.6 Å². The summed E-state index contributed by atoms with van der Waals surface area (Å²) in [6, 6.07) is -0.0595. The van der Waals surface area contributed by atoms with Crippen molar-refractivity contribution >= 4 is 5.97 Å². The molecule has 2 aliphatic rings. The monoisotopic (exact) mass is 254 g/mol. The number of carbonyl (C=O) groups excluding carboxylic acids is 1. The topological polar surface area (TPSA) is 41.6 Å². The molecule has 4 nitrogen and oxygen atoms in total. The van der Waals surface area contributed by atoms with E-state index in [-0.39, 0.29) is 12.0 Å². The number of ether oxygens (including phenoxy) is 1. The number of nitrogens with zero attached hydrogens (tertiary/aromatic N) is 1. The van der Waals surface area contributed by atoms with Gasteiger partial charge in [-0.25, -0.2) is 0 Å². The Morgan fingerprint density at radius 3 is 2.67 bits per heavy atom. The van der Waals surface area contributed by atoms with Crippen LogP contribution in [0.5, 0.6) is 0 Å². The van der Waals surface area contributed by atoms with E-state index in [9.17, 15) is 4.79 Å². The molecule has 0 saturated carbocycles. The Labute approximate surface area is 110 Å². The summed E-state index contributed by atoms with van der Waals surface area (Å²) in [5, 5.41) is 3.28. The molecule has 0 radical (unpaired) electrons. The molecule has 18 heavy (non-hydrogen) atoms. The molecule has 0 aliphatic carbocycles. The molecule has 0 amide bonds. The van der Waals surface area contributed by atoms with Crippen LogP contribution in [-0.2, 0) is 9.53 Å². The number of hydrogen-bond acceptors (Lipinski definition) is 4. The van der Waals surface area contributed by atoms with Crippen molar-refractivity contribution in [2.24, 2.45) is 11.8 Å². The quantitative estimate of drug-likeness (QED) is 0.767. The molecule has 2 atom stereocenters. The highest BCUT2D eigenvalue weighted by molar-refractivity contribution is 5.75. The molecule has 2 aliphatic heterocycles. The van der Waals surface area contributed by atoms with E-state index in [1.54, 1.807) is 0 Å². The summed E-state index contributed by atoms with van der Waals surface area (Å²) in [4.78, 5) is 14.0. The van der Waals surface area contributed by atoms with Gasteiger partial charge in [0.15, 0.2) is 0 Å². The van der Waals surface area contributed by atoms with Gasteiger partial charge >= 0.3 is 5.97 Å². The first-order valence-electron chi connectivity index (χ1n) is 7.26. The van der Waals surface area contributed by atoms with Gasteiger partial charge in [-0.3, -0.25) is 4.79 Å². The standard InChI is InChI=1S/C14H26N2O2/c1-3-16-6-4-11(5-7-16)8-12-9-13(15-10-12)14(17)18-2/h11-13,15H,3-10H2,1-2H3. The molecule has 2 fully saturated rings. The van der Waals surface area contributed by atoms with E-state index in [0.717, 1.165) is 18.9 Å². The van der Waals surface area contributed by atoms with Crippen LogP contribution in [0.3, 0.4) is 0 Å². The number of esters is 1. The van der Waals surface area contributed by atoms with E-state index in [2.05, 4.69) is 17.1 Å². The molecule has 1 N–H and O–H groups in total. The van der Waals surface area contributed by atoms with Crippen molar-refractivity contribution in [1.29, 1.82) is 0 Å². The van der Waals surface area contributed by atoms with Crippen LogP contribution in [0.2, 0.25) is 0 Å². The van der Waals surface area contributed by atoms with Gasteiger partial charge in [0.2, 0.25) is 0 Å². The van der Waals surface area contributed by atoms with E-state index >= 15 is 0 Å². The molecule has 2 saturated heterocycles. The number of carbonyl (C=O) groups is 1. The molecule has 0 bridgehead atoms. The molecule has 2 unspecified atom stereocenters. The van der Waals surface area contributed by atoms with Gasteiger partial charge in [0, 0.05) is 0 Å². The molecule has 0 aromatic carbocycles. The Morgan fingerprint density at radius 2 is 2.06 bits per heavy atom. The summed E-state index contributed by atoms with van der Waals surface area (Å²) >= 11 is 0. The highest BCUT2D eigenvalue weighted by atomic mass is 16.5. The SMILES string of the molecule is CCN1CCC(CC2CNC(C(=O)OC)C2)CC1. The van der Waals surface area contributed by atoms with Gasteiger partial charge in [0.1, 0.15) is 6.04 Å². The largest absolute Gasteiger partial charge is 0.468 e. The fourth-order valence-corrected chi connectivity index (χ4v) is 3.32. The van der Waals surface area contributed by atoms with E-state index < -0.39 is 0 Å². The van der Waals surface area contributed by atoms with Crippen LogP contribution >= 0.6 is 0 Å². The van der Waals surface area contributed by atoms with Gasteiger partial charge in [-0.05, 0) is 63.7 Å². The minimum atomic E-state index is -0.0988. The third-order valence-electron chi connectivity index (χ3n) is 4.53. The van der Waals surface area contributed by atoms with Gasteiger partial charge in [0.05, 0.1) is 7.11 Å². The number of methoxy groups -OCH3 is 1. The third-order valence-corrected chi connectivity index (χ3v) is 4.53. The molecule has 104 valence electrons. The maximum atomic E-state index is 11.4. The average Bonchev–Trinajstić information content (AvgIpc) is 2.87. The van der Waals surface area contributed by atoms with Gasteiger partial charge in [0.25, 0.3) is 0 Å². The van der Waals surface area contributed by atoms with Crippen LogP contribution in [0, 0.1) is 11.8 Å². The minimum absolute atomic E-state index is 0.0595. The smallest absolute Gasteiger partial charge is 0.322 e. The number of rotatable bonds is 4. The van der Waals surface area contributed by atoms with Crippen LogP contribution in [0.1, 0.15) is 32.6 Å². The second-order valence-electron chi connectivity index (χ2n) is 5.70. The summed E-state index contributed by atoms with van der Waals surface area (Å²) in [6.45, 7) is 6.90. The Kier molecular flexibility index (Phi) is 5.01. The average molecular weight is 254 g/mol. The van der Waals surface area contributed by atoms with Gasteiger partial charge in [-0.2, -0.15) is 0 Å². The van der Waals surface area contributed by atoms with Crippen molar-refractivity contribution in [3.05, 3.63) is 0 Å². The Morgan fingerprint density at radius 1 is 1.33 bits per heavy atom. The Bertz CT molecular complexity index is 275. The minimum Gasteiger partial charge on any atom is -0.468 e. The van der Waals surface area contributed by atoms with Gasteiger partial charge < -0.3 is 15.0 Å². The third kappa shape index (κ3) is 3.45. The van der Waals surface area contributed by atoms with Crippen molar-refractivity contribution in [2.75, 3.05) is 33.3 Å². The summed E-state index contributed by atoms with van der Waals surface area (Å²) in [6.07, 6.45) is 4.89. The summed E-state index contributed by atoms with van der Waals surface area (Å²) in [7, 11) is 1.47. The fourth-order valence-electron chi connectivity index (χ4n) is 3.32. The maximum Gasteiger partial charge on any atom is 0.322 e. The highest BCUT2D eigenvalue weighted by Gasteiger charge is 2.32. The second-order valence-corrected chi connectivity index (χ2v) is 5.70. The zero-order valence-electron chi connectivity index (χ0n) is 11.7. The maximum absolute atomic E-state index is 11.4. The Balaban J connectivity index is 1.70. The lowest BCUT2D eigenvalue weighted by molar-refractivity contribution is -0.142. The van der Waals surface area contributed by atoms with Gasteiger partial charge in [-0.15, -0.1) is 0 Å². The van der Waals surface area contributed by atoms with Crippen LogP contribution < -0.4 is 5.32 Å². The predicted molar refractivity (Wildman–Crippen MR) is 71.4 cm³/mol. The zero-order valence-corrected chi connectivity index (χ0v) is 11.7. The lowest BCUT2D eigenvalue weighted by Crippen LogP contribution is -2.34. The van der Waals surface area contributed by atoms with E-state index in [0.29, 0.717) is 5.92 Å². The van der Waals surface area contributed by atoms with Crippen molar-refractivity contribution in [3.63, 3.8) is 0 Å². The molecular weight excluding hydrogens is 228 g/mol. The van der Waals surface area contributed by atoms with Gasteiger partial charge in [-0.1, -0.05) is 6.92 Å². The molecule has 2 heterocycles. The van der Waals surface area contributed by atoms with Crippen LogP contribution in [0.15, 0.2) is 0 Å². The Hall–Kier alpha value is -0.610. The van der Waals surface area contributed by atoms with Crippen molar-refractivity contribution in [3.8, 4) is 0 Å². The fraction of sp³-hybridized carbons (Fsp3) is 0.929. The molecule has 4 heteroatoms. The number of nitrogens with one attached hydrogen (secondary N) is 1. The molecule has 2 rings (SSSR count). The summed E-state index contributed by atoms with van der Waals surface area (Å²) < 4.78 is 4.79. The second kappa shape index (κ2) is 6.53. The van der Waals surface area contributed by atoms with Crippen molar-refractivity contribution < 1.29 is 9.53 Å². The first-order chi connectivity index (χ1) is 8.72.